The van der Waals surface area contributed by atoms with Crippen LogP contribution in [0.2, 0.25) is 5.02 Å². The highest BCUT2D eigenvalue weighted by Gasteiger charge is 2.28. The predicted molar refractivity (Wildman–Crippen MR) is 114 cm³/mol. The summed E-state index contributed by atoms with van der Waals surface area (Å²) in [6.07, 6.45) is 6.80. The maximum absolute atomic E-state index is 13.3. The quantitative estimate of drug-likeness (QED) is 0.402. The van der Waals surface area contributed by atoms with Crippen molar-refractivity contribution >= 4 is 41.5 Å². The molecule has 2 heterocycles. The van der Waals surface area contributed by atoms with Crippen LogP contribution in [0.1, 0.15) is 24.9 Å². The summed E-state index contributed by atoms with van der Waals surface area (Å²) in [5.74, 6) is 1.03. The average molecular weight is 492 g/mol. The Labute approximate surface area is 175 Å². The smallest absolute Gasteiger partial charge is 0.193 e. The largest absolute Gasteiger partial charge is 0.352 e. The number of guanidine groups is 1. The SMILES string of the molecule is CN=C(NCc1ccc(F)c(Cl)c1)N1CCC(C)C(n2ccnc2)C1.I. The van der Waals surface area contributed by atoms with E-state index in [0.29, 0.717) is 18.5 Å². The van der Waals surface area contributed by atoms with Crippen molar-refractivity contribution in [3.63, 3.8) is 0 Å². The van der Waals surface area contributed by atoms with Crippen molar-refractivity contribution in [1.29, 1.82) is 0 Å². The third-order valence-electron chi connectivity index (χ3n) is 4.77. The van der Waals surface area contributed by atoms with Crippen LogP contribution in [0.15, 0.2) is 41.9 Å². The molecule has 1 aliphatic rings. The molecule has 3 rings (SSSR count). The van der Waals surface area contributed by atoms with Crippen LogP contribution >= 0.6 is 35.6 Å². The minimum atomic E-state index is -0.400. The Morgan fingerprint density at radius 2 is 2.27 bits per heavy atom. The van der Waals surface area contributed by atoms with Gasteiger partial charge in [0.15, 0.2) is 5.96 Å². The zero-order chi connectivity index (χ0) is 17.8. The summed E-state index contributed by atoms with van der Waals surface area (Å²) < 4.78 is 15.4. The van der Waals surface area contributed by atoms with E-state index < -0.39 is 5.82 Å². The molecule has 8 heteroatoms. The highest BCUT2D eigenvalue weighted by molar-refractivity contribution is 14.0. The number of piperidine rings is 1. The molecule has 2 unspecified atom stereocenters. The highest BCUT2D eigenvalue weighted by atomic mass is 127. The monoisotopic (exact) mass is 491 g/mol. The third kappa shape index (κ3) is 4.88. The van der Waals surface area contributed by atoms with E-state index in [-0.39, 0.29) is 29.0 Å². The normalized spacial score (nSPS) is 20.6. The summed E-state index contributed by atoms with van der Waals surface area (Å²) in [5.41, 5.74) is 0.920. The lowest BCUT2D eigenvalue weighted by Crippen LogP contribution is -2.48. The second kappa shape index (κ2) is 9.55. The summed E-state index contributed by atoms with van der Waals surface area (Å²) in [7, 11) is 1.78. The molecule has 142 valence electrons. The number of aromatic nitrogens is 2. The van der Waals surface area contributed by atoms with Gasteiger partial charge in [-0.15, -0.1) is 24.0 Å². The minimum Gasteiger partial charge on any atom is -0.352 e. The number of benzene rings is 1. The van der Waals surface area contributed by atoms with E-state index in [1.165, 1.54) is 6.07 Å². The van der Waals surface area contributed by atoms with Gasteiger partial charge in [-0.25, -0.2) is 9.37 Å². The van der Waals surface area contributed by atoms with Gasteiger partial charge >= 0.3 is 0 Å². The molecule has 0 radical (unpaired) electrons. The van der Waals surface area contributed by atoms with Crippen LogP contribution in [0, 0.1) is 11.7 Å². The molecule has 1 aliphatic heterocycles. The fraction of sp³-hybridized carbons (Fsp3) is 0.444. The molecule has 0 bridgehead atoms. The zero-order valence-electron chi connectivity index (χ0n) is 14.9. The molecular weight excluding hydrogens is 468 g/mol. The standard InChI is InChI=1S/C18H23ClFN5.HI/c1-13-5-7-24(11-17(13)25-8-6-22-12-25)18(21-2)23-10-14-3-4-16(20)15(19)9-14;/h3-4,6,8-9,12-13,17H,5,7,10-11H2,1-2H3,(H,21,23);1H. The Morgan fingerprint density at radius 1 is 1.46 bits per heavy atom. The number of nitrogens with one attached hydrogen (secondary N) is 1. The van der Waals surface area contributed by atoms with Gasteiger partial charge in [-0.2, -0.15) is 0 Å². The Kier molecular flexibility index (Phi) is 7.69. The number of rotatable bonds is 3. The lowest BCUT2D eigenvalue weighted by Gasteiger charge is -2.39. The molecule has 1 N–H and O–H groups in total. The van der Waals surface area contributed by atoms with Crippen molar-refractivity contribution in [3.05, 3.63) is 53.3 Å². The molecular formula is C18H24ClFIN5. The van der Waals surface area contributed by atoms with Gasteiger partial charge in [0, 0.05) is 39.1 Å². The molecule has 1 fully saturated rings. The third-order valence-corrected chi connectivity index (χ3v) is 5.06. The molecule has 2 atom stereocenters. The van der Waals surface area contributed by atoms with Gasteiger partial charge in [-0.3, -0.25) is 4.99 Å². The number of hydrogen-bond acceptors (Lipinski definition) is 2. The van der Waals surface area contributed by atoms with E-state index >= 15 is 0 Å². The van der Waals surface area contributed by atoms with Gasteiger partial charge < -0.3 is 14.8 Å². The number of halogens is 3. The van der Waals surface area contributed by atoms with Crippen LogP contribution < -0.4 is 5.32 Å². The first-order chi connectivity index (χ1) is 12.1. The first-order valence-electron chi connectivity index (χ1n) is 8.45. The number of hydrogen-bond donors (Lipinski definition) is 1. The maximum Gasteiger partial charge on any atom is 0.193 e. The number of imidazole rings is 1. The molecule has 0 spiro atoms. The van der Waals surface area contributed by atoms with Gasteiger partial charge in [-0.1, -0.05) is 24.6 Å². The van der Waals surface area contributed by atoms with Crippen molar-refractivity contribution < 1.29 is 4.39 Å². The van der Waals surface area contributed by atoms with Crippen molar-refractivity contribution in [2.75, 3.05) is 20.1 Å². The summed E-state index contributed by atoms with van der Waals surface area (Å²) >= 11 is 5.85. The summed E-state index contributed by atoms with van der Waals surface area (Å²) in [6.45, 7) is 4.66. The molecule has 5 nitrogen and oxygen atoms in total. The van der Waals surface area contributed by atoms with E-state index in [1.54, 1.807) is 19.2 Å². The Morgan fingerprint density at radius 3 is 2.92 bits per heavy atom. The van der Waals surface area contributed by atoms with Gasteiger partial charge in [-0.05, 0) is 30.0 Å². The molecule has 2 aromatic rings. The van der Waals surface area contributed by atoms with E-state index in [4.69, 9.17) is 11.6 Å². The first-order valence-corrected chi connectivity index (χ1v) is 8.83. The second-order valence-corrected chi connectivity index (χ2v) is 6.85. The van der Waals surface area contributed by atoms with Gasteiger partial charge in [0.05, 0.1) is 17.4 Å². The summed E-state index contributed by atoms with van der Waals surface area (Å²) in [6, 6.07) is 5.13. The van der Waals surface area contributed by atoms with Crippen LogP contribution in [0.4, 0.5) is 4.39 Å². The predicted octanol–water partition coefficient (Wildman–Crippen LogP) is 3.95. The molecule has 0 saturated carbocycles. The van der Waals surface area contributed by atoms with Crippen molar-refractivity contribution in [1.82, 2.24) is 19.8 Å². The molecule has 1 saturated heterocycles. The van der Waals surface area contributed by atoms with E-state index in [1.807, 2.05) is 18.7 Å². The molecule has 1 aromatic carbocycles. The number of nitrogens with zero attached hydrogens (tertiary/aromatic N) is 4. The Hall–Kier alpha value is -1.35. The van der Waals surface area contributed by atoms with E-state index in [9.17, 15) is 4.39 Å². The number of aliphatic imine (C=N–C) groups is 1. The summed E-state index contributed by atoms with van der Waals surface area (Å²) in [4.78, 5) is 10.8. The van der Waals surface area contributed by atoms with Crippen molar-refractivity contribution in [3.8, 4) is 0 Å². The maximum atomic E-state index is 13.3. The van der Waals surface area contributed by atoms with E-state index in [0.717, 1.165) is 31.0 Å². The first kappa shape index (κ1) is 21.0. The Bertz CT molecular complexity index is 737. The fourth-order valence-corrected chi connectivity index (χ4v) is 3.46. The van der Waals surface area contributed by atoms with Gasteiger partial charge in [0.25, 0.3) is 0 Å². The van der Waals surface area contributed by atoms with E-state index in [2.05, 4.69) is 31.7 Å². The van der Waals surface area contributed by atoms with Gasteiger partial charge in [0.2, 0.25) is 0 Å². The molecule has 0 amide bonds. The molecule has 0 aliphatic carbocycles. The Balaban J connectivity index is 0.00000243. The minimum absolute atomic E-state index is 0. The lowest BCUT2D eigenvalue weighted by molar-refractivity contribution is 0.189. The van der Waals surface area contributed by atoms with Crippen LogP contribution in [-0.4, -0.2) is 40.5 Å². The second-order valence-electron chi connectivity index (χ2n) is 6.44. The van der Waals surface area contributed by atoms with Crippen LogP contribution in [0.5, 0.6) is 0 Å². The lowest BCUT2D eigenvalue weighted by atomic mass is 9.93. The van der Waals surface area contributed by atoms with Crippen LogP contribution in [-0.2, 0) is 6.54 Å². The number of likely N-dealkylation sites (tertiary alicyclic amines) is 1. The topological polar surface area (TPSA) is 45.5 Å². The molecule has 26 heavy (non-hydrogen) atoms. The van der Waals surface area contributed by atoms with Gasteiger partial charge in [0.1, 0.15) is 5.82 Å². The van der Waals surface area contributed by atoms with Crippen molar-refractivity contribution in [2.45, 2.75) is 25.9 Å². The van der Waals surface area contributed by atoms with Crippen LogP contribution in [0.25, 0.3) is 0 Å². The summed E-state index contributed by atoms with van der Waals surface area (Å²) in [5, 5.41) is 3.49. The van der Waals surface area contributed by atoms with Crippen molar-refractivity contribution in [2.24, 2.45) is 10.9 Å². The van der Waals surface area contributed by atoms with Crippen LogP contribution in [0.3, 0.4) is 0 Å². The zero-order valence-corrected chi connectivity index (χ0v) is 18.0. The highest BCUT2D eigenvalue weighted by Crippen LogP contribution is 2.27. The molecule has 1 aromatic heterocycles. The fourth-order valence-electron chi connectivity index (χ4n) is 3.26. The average Bonchev–Trinajstić information content (AvgIpc) is 3.14.